The molecular weight excluding hydrogens is 330 g/mol. The molecule has 0 saturated carbocycles. The molecule has 4 rings (SSSR count). The highest BCUT2D eigenvalue weighted by Gasteiger charge is 2.33. The van der Waals surface area contributed by atoms with Gasteiger partial charge in [0.25, 0.3) is 5.91 Å². The van der Waals surface area contributed by atoms with Crippen LogP contribution in [0.4, 0.5) is 0 Å². The van der Waals surface area contributed by atoms with Crippen LogP contribution in [0.5, 0.6) is 0 Å². The highest BCUT2D eigenvalue weighted by Crippen LogP contribution is 2.30. The number of aliphatic carboxylic acids is 1. The Balaban J connectivity index is 1.61. The summed E-state index contributed by atoms with van der Waals surface area (Å²) in [5, 5.41) is 9.59. The first-order valence-corrected chi connectivity index (χ1v) is 8.91. The van der Waals surface area contributed by atoms with Crippen molar-refractivity contribution in [3.05, 3.63) is 70.8 Å². The third kappa shape index (κ3) is 3.10. The van der Waals surface area contributed by atoms with Gasteiger partial charge in [0, 0.05) is 31.2 Å². The van der Waals surface area contributed by atoms with Crippen molar-refractivity contribution >= 4 is 11.9 Å². The van der Waals surface area contributed by atoms with Crippen molar-refractivity contribution in [2.75, 3.05) is 19.8 Å². The van der Waals surface area contributed by atoms with Gasteiger partial charge in [-0.25, -0.2) is 0 Å². The number of carbonyl (C=O) groups is 2. The lowest BCUT2D eigenvalue weighted by atomic mass is 9.89. The first kappa shape index (κ1) is 16.8. The zero-order chi connectivity index (χ0) is 18.1. The highest BCUT2D eigenvalue weighted by atomic mass is 16.5. The SMILES string of the molecule is O=C(O)C1CN(C(=O)c2cccc(C3CCOC3)c2)Cc2ccccc21. The maximum atomic E-state index is 13.0. The molecule has 1 N–H and O–H groups in total. The van der Waals surface area contributed by atoms with E-state index in [0.29, 0.717) is 24.6 Å². The Labute approximate surface area is 152 Å². The molecule has 26 heavy (non-hydrogen) atoms. The van der Waals surface area contributed by atoms with Gasteiger partial charge in [-0.2, -0.15) is 0 Å². The predicted octanol–water partition coefficient (Wildman–Crippen LogP) is 3.01. The molecule has 0 aliphatic carbocycles. The molecule has 2 aliphatic rings. The summed E-state index contributed by atoms with van der Waals surface area (Å²) in [5.74, 6) is -1.37. The van der Waals surface area contributed by atoms with E-state index < -0.39 is 11.9 Å². The first-order valence-electron chi connectivity index (χ1n) is 8.91. The second kappa shape index (κ2) is 6.92. The van der Waals surface area contributed by atoms with Crippen LogP contribution in [0.2, 0.25) is 0 Å². The van der Waals surface area contributed by atoms with Crippen LogP contribution in [0.25, 0.3) is 0 Å². The number of carboxylic acids is 1. The molecule has 2 atom stereocenters. The van der Waals surface area contributed by atoms with E-state index in [0.717, 1.165) is 29.7 Å². The summed E-state index contributed by atoms with van der Waals surface area (Å²) >= 11 is 0. The minimum Gasteiger partial charge on any atom is -0.481 e. The molecule has 2 aromatic carbocycles. The molecule has 2 heterocycles. The van der Waals surface area contributed by atoms with Gasteiger partial charge in [0.15, 0.2) is 0 Å². The Kier molecular flexibility index (Phi) is 4.47. The van der Waals surface area contributed by atoms with Crippen LogP contribution in [0.3, 0.4) is 0 Å². The Morgan fingerprint density at radius 1 is 1.12 bits per heavy atom. The molecule has 0 aromatic heterocycles. The molecular formula is C21H21NO4. The number of fused-ring (bicyclic) bond motifs is 1. The van der Waals surface area contributed by atoms with Crippen LogP contribution < -0.4 is 0 Å². The predicted molar refractivity (Wildman–Crippen MR) is 96.2 cm³/mol. The number of amides is 1. The van der Waals surface area contributed by atoms with Gasteiger partial charge in [0.2, 0.25) is 0 Å². The largest absolute Gasteiger partial charge is 0.481 e. The van der Waals surface area contributed by atoms with Crippen molar-refractivity contribution in [3.63, 3.8) is 0 Å². The average Bonchev–Trinajstić information content (AvgIpc) is 3.21. The zero-order valence-electron chi connectivity index (χ0n) is 14.4. The molecule has 2 unspecified atom stereocenters. The standard InChI is InChI=1S/C21H21NO4/c23-20(15-6-3-5-14(10-15)17-8-9-26-13-17)22-11-16-4-1-2-7-18(16)19(12-22)21(24)25/h1-7,10,17,19H,8-9,11-13H2,(H,24,25). The van der Waals surface area contributed by atoms with E-state index in [1.807, 2.05) is 42.5 Å². The van der Waals surface area contributed by atoms with E-state index in [-0.39, 0.29) is 12.5 Å². The van der Waals surface area contributed by atoms with E-state index in [2.05, 4.69) is 0 Å². The van der Waals surface area contributed by atoms with Gasteiger partial charge in [-0.3, -0.25) is 9.59 Å². The van der Waals surface area contributed by atoms with Gasteiger partial charge in [0.05, 0.1) is 12.5 Å². The van der Waals surface area contributed by atoms with E-state index in [9.17, 15) is 14.7 Å². The van der Waals surface area contributed by atoms with Gasteiger partial charge < -0.3 is 14.7 Å². The minimum atomic E-state index is -0.896. The summed E-state index contributed by atoms with van der Waals surface area (Å²) < 4.78 is 5.45. The Morgan fingerprint density at radius 3 is 2.73 bits per heavy atom. The highest BCUT2D eigenvalue weighted by molar-refractivity contribution is 5.95. The number of rotatable bonds is 3. The van der Waals surface area contributed by atoms with Crippen LogP contribution >= 0.6 is 0 Å². The third-order valence-electron chi connectivity index (χ3n) is 5.31. The minimum absolute atomic E-state index is 0.119. The Hall–Kier alpha value is -2.66. The molecule has 2 aliphatic heterocycles. The van der Waals surface area contributed by atoms with Crippen LogP contribution in [0.1, 0.15) is 45.3 Å². The van der Waals surface area contributed by atoms with E-state index in [1.165, 1.54) is 0 Å². The van der Waals surface area contributed by atoms with Crippen molar-refractivity contribution in [1.82, 2.24) is 4.90 Å². The molecule has 5 heteroatoms. The summed E-state index contributed by atoms with van der Waals surface area (Å²) in [4.78, 5) is 26.4. The Morgan fingerprint density at radius 2 is 1.96 bits per heavy atom. The van der Waals surface area contributed by atoms with E-state index >= 15 is 0 Å². The smallest absolute Gasteiger partial charge is 0.312 e. The summed E-state index contributed by atoms with van der Waals surface area (Å²) in [6, 6.07) is 15.1. The second-order valence-electron chi connectivity index (χ2n) is 6.96. The number of carbonyl (C=O) groups excluding carboxylic acids is 1. The van der Waals surface area contributed by atoms with Crippen LogP contribution in [-0.4, -0.2) is 41.6 Å². The van der Waals surface area contributed by atoms with Crippen molar-refractivity contribution < 1.29 is 19.4 Å². The summed E-state index contributed by atoms with van der Waals surface area (Å²) in [6.07, 6.45) is 0.968. The third-order valence-corrected chi connectivity index (χ3v) is 5.31. The number of hydrogen-bond acceptors (Lipinski definition) is 3. The summed E-state index contributed by atoms with van der Waals surface area (Å²) in [6.45, 7) is 2.08. The number of nitrogens with zero attached hydrogens (tertiary/aromatic N) is 1. The van der Waals surface area contributed by atoms with Crippen molar-refractivity contribution in [2.24, 2.45) is 0 Å². The van der Waals surface area contributed by atoms with Crippen LogP contribution in [0.15, 0.2) is 48.5 Å². The van der Waals surface area contributed by atoms with Crippen LogP contribution in [-0.2, 0) is 16.1 Å². The molecule has 2 aromatic rings. The van der Waals surface area contributed by atoms with Crippen molar-refractivity contribution in [3.8, 4) is 0 Å². The second-order valence-corrected chi connectivity index (χ2v) is 6.96. The quantitative estimate of drug-likeness (QED) is 0.923. The van der Waals surface area contributed by atoms with Crippen molar-refractivity contribution in [2.45, 2.75) is 24.8 Å². The van der Waals surface area contributed by atoms with Gasteiger partial charge in [-0.1, -0.05) is 36.4 Å². The normalized spacial score (nSPS) is 22.1. The Bertz CT molecular complexity index is 841. The number of ether oxygens (including phenoxy) is 1. The zero-order valence-corrected chi connectivity index (χ0v) is 14.4. The van der Waals surface area contributed by atoms with Gasteiger partial charge in [-0.15, -0.1) is 0 Å². The molecule has 0 bridgehead atoms. The lowest BCUT2D eigenvalue weighted by Gasteiger charge is -2.33. The molecule has 1 fully saturated rings. The molecule has 0 spiro atoms. The maximum Gasteiger partial charge on any atom is 0.312 e. The van der Waals surface area contributed by atoms with Gasteiger partial charge in [-0.05, 0) is 35.2 Å². The lowest BCUT2D eigenvalue weighted by molar-refractivity contribution is -0.139. The topological polar surface area (TPSA) is 66.8 Å². The fraction of sp³-hybridized carbons (Fsp3) is 0.333. The molecule has 5 nitrogen and oxygen atoms in total. The fourth-order valence-corrected chi connectivity index (χ4v) is 3.88. The van der Waals surface area contributed by atoms with Crippen molar-refractivity contribution in [1.29, 1.82) is 0 Å². The van der Waals surface area contributed by atoms with Gasteiger partial charge >= 0.3 is 5.97 Å². The van der Waals surface area contributed by atoms with E-state index in [4.69, 9.17) is 4.74 Å². The maximum absolute atomic E-state index is 13.0. The van der Waals surface area contributed by atoms with E-state index in [1.54, 1.807) is 11.0 Å². The van der Waals surface area contributed by atoms with Crippen LogP contribution in [0, 0.1) is 0 Å². The molecule has 1 amide bonds. The lowest BCUT2D eigenvalue weighted by Crippen LogP contribution is -2.40. The molecule has 1 saturated heterocycles. The first-order chi connectivity index (χ1) is 12.6. The molecule has 0 radical (unpaired) electrons. The molecule has 134 valence electrons. The average molecular weight is 351 g/mol. The number of benzene rings is 2. The summed E-state index contributed by atoms with van der Waals surface area (Å²) in [7, 11) is 0. The fourth-order valence-electron chi connectivity index (χ4n) is 3.88. The number of hydrogen-bond donors (Lipinski definition) is 1. The monoisotopic (exact) mass is 351 g/mol. The van der Waals surface area contributed by atoms with Gasteiger partial charge in [0.1, 0.15) is 0 Å². The number of carboxylic acid groups (broad SMARTS) is 1. The summed E-state index contributed by atoms with van der Waals surface area (Å²) in [5.41, 5.74) is 3.43.